The van der Waals surface area contributed by atoms with Gasteiger partial charge in [-0.3, -0.25) is 4.79 Å². The molecule has 0 radical (unpaired) electrons. The van der Waals surface area contributed by atoms with Crippen LogP contribution in [0, 0.1) is 12.8 Å². The van der Waals surface area contributed by atoms with Crippen molar-refractivity contribution in [2.75, 3.05) is 19.6 Å². The Hall–Kier alpha value is -1.29. The highest BCUT2D eigenvalue weighted by molar-refractivity contribution is 5.95. The van der Waals surface area contributed by atoms with Gasteiger partial charge in [-0.1, -0.05) is 0 Å². The summed E-state index contributed by atoms with van der Waals surface area (Å²) in [4.78, 5) is 14.6. The Labute approximate surface area is 115 Å². The van der Waals surface area contributed by atoms with Gasteiger partial charge in [-0.2, -0.15) is 0 Å². The number of carbonyl (C=O) groups is 1. The predicted molar refractivity (Wildman–Crippen MR) is 75.2 cm³/mol. The quantitative estimate of drug-likeness (QED) is 0.908. The maximum atomic E-state index is 12.6. The third-order valence-corrected chi connectivity index (χ3v) is 3.83. The summed E-state index contributed by atoms with van der Waals surface area (Å²) in [5, 5.41) is 3.41. The summed E-state index contributed by atoms with van der Waals surface area (Å²) in [5.74, 6) is 1.36. The molecule has 1 saturated heterocycles. The van der Waals surface area contributed by atoms with Crippen LogP contribution < -0.4 is 5.32 Å². The van der Waals surface area contributed by atoms with Crippen LogP contribution in [-0.4, -0.2) is 36.5 Å². The molecule has 1 N–H and O–H groups in total. The monoisotopic (exact) mass is 264 g/mol. The second-order valence-electron chi connectivity index (χ2n) is 5.65. The number of amides is 1. The van der Waals surface area contributed by atoms with E-state index in [1.165, 1.54) is 12.8 Å². The zero-order valence-electron chi connectivity index (χ0n) is 12.1. The molecule has 1 unspecified atom stereocenters. The highest BCUT2D eigenvalue weighted by Crippen LogP contribution is 2.18. The first-order valence-corrected chi connectivity index (χ1v) is 7.15. The number of hydrogen-bond acceptors (Lipinski definition) is 3. The Morgan fingerprint density at radius 2 is 2.37 bits per heavy atom. The van der Waals surface area contributed by atoms with Gasteiger partial charge in [-0.25, -0.2) is 0 Å². The number of rotatable bonds is 4. The summed E-state index contributed by atoms with van der Waals surface area (Å²) in [7, 11) is 0. The first kappa shape index (κ1) is 14.1. The average Bonchev–Trinajstić information content (AvgIpc) is 2.82. The lowest BCUT2D eigenvalue weighted by atomic mass is 9.98. The second-order valence-corrected chi connectivity index (χ2v) is 5.65. The molecule has 1 aliphatic rings. The molecular formula is C15H24N2O2. The van der Waals surface area contributed by atoms with Crippen LogP contribution in [0.4, 0.5) is 0 Å². The molecule has 2 rings (SSSR count). The van der Waals surface area contributed by atoms with E-state index in [1.807, 2.05) is 11.8 Å². The summed E-state index contributed by atoms with van der Waals surface area (Å²) in [5.41, 5.74) is 0.692. The minimum absolute atomic E-state index is 0.0897. The molecule has 0 aromatic carbocycles. The minimum Gasteiger partial charge on any atom is -0.469 e. The van der Waals surface area contributed by atoms with E-state index in [9.17, 15) is 4.79 Å². The van der Waals surface area contributed by atoms with Crippen molar-refractivity contribution in [3.8, 4) is 0 Å². The van der Waals surface area contributed by atoms with Crippen molar-refractivity contribution in [3.05, 3.63) is 23.7 Å². The second kappa shape index (κ2) is 6.24. The summed E-state index contributed by atoms with van der Waals surface area (Å²) in [6.45, 7) is 8.93. The fourth-order valence-electron chi connectivity index (χ4n) is 2.65. The topological polar surface area (TPSA) is 45.5 Å². The predicted octanol–water partition coefficient (Wildman–Crippen LogP) is 2.44. The first-order valence-electron chi connectivity index (χ1n) is 7.15. The number of piperidine rings is 1. The van der Waals surface area contributed by atoms with E-state index >= 15 is 0 Å². The van der Waals surface area contributed by atoms with Gasteiger partial charge < -0.3 is 14.6 Å². The van der Waals surface area contributed by atoms with Gasteiger partial charge in [0.25, 0.3) is 5.91 Å². The first-order chi connectivity index (χ1) is 9.09. The molecule has 106 valence electrons. The lowest BCUT2D eigenvalue weighted by molar-refractivity contribution is 0.0659. The Kier molecular flexibility index (Phi) is 4.64. The Bertz CT molecular complexity index is 420. The third-order valence-electron chi connectivity index (χ3n) is 3.83. The fourth-order valence-corrected chi connectivity index (χ4v) is 2.65. The molecule has 1 aromatic heterocycles. The SMILES string of the molecule is Cc1occc1C(=O)N(CC1CCCNC1)C(C)C. The lowest BCUT2D eigenvalue weighted by Gasteiger charge is -2.32. The molecule has 1 aliphatic heterocycles. The molecule has 1 aromatic rings. The summed E-state index contributed by atoms with van der Waals surface area (Å²) < 4.78 is 5.25. The molecule has 0 saturated carbocycles. The smallest absolute Gasteiger partial charge is 0.257 e. The van der Waals surface area contributed by atoms with E-state index in [0.717, 1.165) is 19.6 Å². The number of carbonyl (C=O) groups excluding carboxylic acids is 1. The largest absolute Gasteiger partial charge is 0.469 e. The van der Waals surface area contributed by atoms with Crippen molar-refractivity contribution in [2.24, 2.45) is 5.92 Å². The maximum absolute atomic E-state index is 12.6. The number of nitrogens with one attached hydrogen (secondary N) is 1. The van der Waals surface area contributed by atoms with Crippen LogP contribution in [-0.2, 0) is 0 Å². The highest BCUT2D eigenvalue weighted by Gasteiger charge is 2.25. The maximum Gasteiger partial charge on any atom is 0.257 e. The molecule has 0 bridgehead atoms. The van der Waals surface area contributed by atoms with Crippen LogP contribution in [0.1, 0.15) is 42.8 Å². The molecule has 1 atom stereocenters. The van der Waals surface area contributed by atoms with Gasteiger partial charge in [0, 0.05) is 12.6 Å². The van der Waals surface area contributed by atoms with E-state index in [-0.39, 0.29) is 11.9 Å². The van der Waals surface area contributed by atoms with E-state index in [4.69, 9.17) is 4.42 Å². The Balaban J connectivity index is 2.07. The van der Waals surface area contributed by atoms with Crippen LogP contribution in [0.15, 0.2) is 16.7 Å². The van der Waals surface area contributed by atoms with E-state index < -0.39 is 0 Å². The van der Waals surface area contributed by atoms with E-state index in [1.54, 1.807) is 12.3 Å². The number of nitrogens with zero attached hydrogens (tertiary/aromatic N) is 1. The molecule has 0 spiro atoms. The van der Waals surface area contributed by atoms with Gasteiger partial charge in [0.2, 0.25) is 0 Å². The van der Waals surface area contributed by atoms with Crippen LogP contribution in [0.2, 0.25) is 0 Å². The Morgan fingerprint density at radius 1 is 1.58 bits per heavy atom. The van der Waals surface area contributed by atoms with Crippen LogP contribution >= 0.6 is 0 Å². The molecule has 1 fully saturated rings. The van der Waals surface area contributed by atoms with Gasteiger partial charge in [-0.05, 0) is 58.7 Å². The zero-order chi connectivity index (χ0) is 13.8. The van der Waals surface area contributed by atoms with Crippen molar-refractivity contribution >= 4 is 5.91 Å². The number of hydrogen-bond donors (Lipinski definition) is 1. The highest BCUT2D eigenvalue weighted by atomic mass is 16.3. The van der Waals surface area contributed by atoms with Gasteiger partial charge in [-0.15, -0.1) is 0 Å². The number of furan rings is 1. The summed E-state index contributed by atoms with van der Waals surface area (Å²) >= 11 is 0. The summed E-state index contributed by atoms with van der Waals surface area (Å²) in [6.07, 6.45) is 3.99. The number of aryl methyl sites for hydroxylation is 1. The molecule has 2 heterocycles. The fraction of sp³-hybridized carbons (Fsp3) is 0.667. The lowest BCUT2D eigenvalue weighted by Crippen LogP contribution is -2.44. The van der Waals surface area contributed by atoms with Gasteiger partial charge in [0.15, 0.2) is 0 Å². The van der Waals surface area contributed by atoms with Gasteiger partial charge in [0.1, 0.15) is 5.76 Å². The van der Waals surface area contributed by atoms with Gasteiger partial charge >= 0.3 is 0 Å². The van der Waals surface area contributed by atoms with Crippen LogP contribution in [0.25, 0.3) is 0 Å². The van der Waals surface area contributed by atoms with Crippen LogP contribution in [0.3, 0.4) is 0 Å². The van der Waals surface area contributed by atoms with Crippen molar-refractivity contribution < 1.29 is 9.21 Å². The van der Waals surface area contributed by atoms with Gasteiger partial charge in [0.05, 0.1) is 11.8 Å². The third kappa shape index (κ3) is 3.38. The molecule has 0 aliphatic carbocycles. The normalized spacial score (nSPS) is 19.7. The molecule has 19 heavy (non-hydrogen) atoms. The Morgan fingerprint density at radius 3 is 2.89 bits per heavy atom. The van der Waals surface area contributed by atoms with E-state index in [2.05, 4.69) is 19.2 Å². The summed E-state index contributed by atoms with van der Waals surface area (Å²) in [6, 6.07) is 1.98. The van der Waals surface area contributed by atoms with E-state index in [0.29, 0.717) is 17.2 Å². The zero-order valence-corrected chi connectivity index (χ0v) is 12.1. The molecule has 4 heteroatoms. The van der Waals surface area contributed by atoms with Crippen LogP contribution in [0.5, 0.6) is 0 Å². The minimum atomic E-state index is 0.0897. The van der Waals surface area contributed by atoms with Crippen molar-refractivity contribution in [2.45, 2.75) is 39.7 Å². The molecular weight excluding hydrogens is 240 g/mol. The van der Waals surface area contributed by atoms with Crippen molar-refractivity contribution in [1.82, 2.24) is 10.2 Å². The molecule has 1 amide bonds. The van der Waals surface area contributed by atoms with Crippen molar-refractivity contribution in [3.63, 3.8) is 0 Å². The average molecular weight is 264 g/mol. The standard InChI is InChI=1S/C15H24N2O2/c1-11(2)17(10-13-5-4-7-16-9-13)15(18)14-6-8-19-12(14)3/h6,8,11,13,16H,4-5,7,9-10H2,1-3H3. The molecule has 4 nitrogen and oxygen atoms in total. The van der Waals surface area contributed by atoms with Crippen molar-refractivity contribution in [1.29, 1.82) is 0 Å².